The molecule has 2 N–H and O–H groups in total. The predicted octanol–water partition coefficient (Wildman–Crippen LogP) is 8.62. The summed E-state index contributed by atoms with van der Waals surface area (Å²) in [6, 6.07) is 0. The van der Waals surface area contributed by atoms with Crippen LogP contribution in [0.2, 0.25) is 0 Å². The van der Waals surface area contributed by atoms with Crippen LogP contribution >= 0.6 is 0 Å². The molecule has 0 saturated carbocycles. The van der Waals surface area contributed by atoms with Crippen molar-refractivity contribution >= 4 is 17.7 Å². The number of aliphatic hydroxyl groups is 2. The molecular formula is C39H68O8. The molecular weight excluding hydrogens is 596 g/mol. The van der Waals surface area contributed by atoms with Gasteiger partial charge < -0.3 is 24.4 Å². The molecule has 0 radical (unpaired) electrons. The van der Waals surface area contributed by atoms with Crippen molar-refractivity contribution in [3.8, 4) is 0 Å². The van der Waals surface area contributed by atoms with E-state index in [-0.39, 0.29) is 36.0 Å². The molecule has 0 spiro atoms. The van der Waals surface area contributed by atoms with Crippen LogP contribution in [-0.2, 0) is 28.6 Å². The molecule has 0 aliphatic carbocycles. The van der Waals surface area contributed by atoms with Crippen molar-refractivity contribution in [1.82, 2.24) is 0 Å². The topological polar surface area (TPSA) is 119 Å². The highest BCUT2D eigenvalue weighted by molar-refractivity contribution is 5.91. The van der Waals surface area contributed by atoms with E-state index in [2.05, 4.69) is 6.92 Å². The van der Waals surface area contributed by atoms with Crippen LogP contribution in [0.3, 0.4) is 0 Å². The minimum Gasteiger partial charge on any atom is -0.460 e. The molecule has 8 nitrogen and oxygen atoms in total. The standard InChI is InChI=1S/C39H68O8/c1-4-5-6-7-8-9-10-14-17-20-23-35(43)36-26-27-37(47-36)38(46-31(3)40)29-34(42)22-19-16-13-11-12-15-18-21-33(41)25-24-32-28-30(2)45-39(32)44/h28,30,34-38,42-43H,4-27,29H2,1-3H3. The molecule has 0 bridgehead atoms. The molecule has 6 atom stereocenters. The van der Waals surface area contributed by atoms with Gasteiger partial charge in [0.05, 0.1) is 24.4 Å². The van der Waals surface area contributed by atoms with E-state index in [4.69, 9.17) is 14.2 Å². The fourth-order valence-electron chi connectivity index (χ4n) is 6.95. The Labute approximate surface area is 285 Å². The maximum atomic E-state index is 12.1. The number of unbranched alkanes of at least 4 members (excludes halogenated alkanes) is 15. The van der Waals surface area contributed by atoms with E-state index in [1.807, 2.05) is 6.92 Å². The number of ether oxygens (including phenoxy) is 3. The number of cyclic esters (lactones) is 1. The van der Waals surface area contributed by atoms with E-state index in [0.29, 0.717) is 37.7 Å². The predicted molar refractivity (Wildman–Crippen MR) is 186 cm³/mol. The fraction of sp³-hybridized carbons (Fsp3) is 0.872. The highest BCUT2D eigenvalue weighted by atomic mass is 16.6. The molecule has 6 unspecified atom stereocenters. The minimum absolute atomic E-state index is 0.183. The van der Waals surface area contributed by atoms with Crippen molar-refractivity contribution in [1.29, 1.82) is 0 Å². The van der Waals surface area contributed by atoms with E-state index in [9.17, 15) is 24.6 Å². The molecule has 2 heterocycles. The Hall–Kier alpha value is -1.77. The lowest BCUT2D eigenvalue weighted by atomic mass is 9.98. The summed E-state index contributed by atoms with van der Waals surface area (Å²) in [6.07, 6.45) is 24.0. The summed E-state index contributed by atoms with van der Waals surface area (Å²) in [4.78, 5) is 35.6. The molecule has 0 aromatic carbocycles. The number of rotatable bonds is 29. The molecule has 1 fully saturated rings. The molecule has 8 heteroatoms. The summed E-state index contributed by atoms with van der Waals surface area (Å²) in [5.74, 6) is -0.449. The van der Waals surface area contributed by atoms with Gasteiger partial charge in [-0.1, -0.05) is 110 Å². The van der Waals surface area contributed by atoms with Crippen LogP contribution in [0.1, 0.15) is 181 Å². The minimum atomic E-state index is -0.561. The normalized spacial score (nSPS) is 21.3. The maximum absolute atomic E-state index is 12.1. The van der Waals surface area contributed by atoms with Gasteiger partial charge >= 0.3 is 11.9 Å². The van der Waals surface area contributed by atoms with E-state index in [1.54, 1.807) is 6.08 Å². The molecule has 272 valence electrons. The lowest BCUT2D eigenvalue weighted by Crippen LogP contribution is -2.36. The second-order valence-corrected chi connectivity index (χ2v) is 14.2. The van der Waals surface area contributed by atoms with Crippen molar-refractivity contribution in [3.63, 3.8) is 0 Å². The van der Waals surface area contributed by atoms with Gasteiger partial charge in [-0.2, -0.15) is 0 Å². The first-order valence-corrected chi connectivity index (χ1v) is 19.3. The molecule has 0 aromatic rings. The Morgan fingerprint density at radius 1 is 0.809 bits per heavy atom. The van der Waals surface area contributed by atoms with Gasteiger partial charge in [0.1, 0.15) is 18.0 Å². The molecule has 2 aliphatic rings. The summed E-state index contributed by atoms with van der Waals surface area (Å²) in [5.41, 5.74) is 0.628. The summed E-state index contributed by atoms with van der Waals surface area (Å²) in [7, 11) is 0. The molecule has 47 heavy (non-hydrogen) atoms. The van der Waals surface area contributed by atoms with Gasteiger partial charge in [0.15, 0.2) is 0 Å². The Morgan fingerprint density at radius 3 is 1.94 bits per heavy atom. The van der Waals surface area contributed by atoms with E-state index in [0.717, 1.165) is 77.0 Å². The van der Waals surface area contributed by atoms with Crippen LogP contribution in [0.5, 0.6) is 0 Å². The monoisotopic (exact) mass is 664 g/mol. The van der Waals surface area contributed by atoms with Gasteiger partial charge in [-0.3, -0.25) is 9.59 Å². The Kier molecular flexibility index (Phi) is 22.2. The summed E-state index contributed by atoms with van der Waals surface area (Å²) >= 11 is 0. The fourth-order valence-corrected chi connectivity index (χ4v) is 6.95. The number of Topliss-reactive ketones (excluding diaryl/α,β-unsaturated/α-hetero) is 1. The average Bonchev–Trinajstić information content (AvgIpc) is 3.65. The third-order valence-electron chi connectivity index (χ3n) is 9.76. The van der Waals surface area contributed by atoms with Crippen molar-refractivity contribution in [2.75, 3.05) is 0 Å². The van der Waals surface area contributed by atoms with Crippen molar-refractivity contribution in [2.45, 2.75) is 218 Å². The van der Waals surface area contributed by atoms with Crippen LogP contribution in [0, 0.1) is 0 Å². The highest BCUT2D eigenvalue weighted by Gasteiger charge is 2.37. The van der Waals surface area contributed by atoms with Gasteiger partial charge in [0, 0.05) is 31.8 Å². The third-order valence-corrected chi connectivity index (χ3v) is 9.76. The quantitative estimate of drug-likeness (QED) is 0.0603. The number of carbonyl (C=O) groups excluding carboxylic acids is 3. The highest BCUT2D eigenvalue weighted by Crippen LogP contribution is 2.30. The van der Waals surface area contributed by atoms with Gasteiger partial charge in [-0.05, 0) is 51.5 Å². The van der Waals surface area contributed by atoms with Crippen LogP contribution in [0.25, 0.3) is 0 Å². The zero-order chi connectivity index (χ0) is 34.3. The SMILES string of the molecule is CCCCCCCCCCCCC(O)C1CCC(C(CC(O)CCCCCCCCCC(=O)CCC2=CC(C)OC2=O)OC(C)=O)O1. The van der Waals surface area contributed by atoms with Crippen LogP contribution in [0.15, 0.2) is 11.6 Å². The lowest BCUT2D eigenvalue weighted by Gasteiger charge is -2.27. The third kappa shape index (κ3) is 19.1. The first kappa shape index (κ1) is 41.4. The summed E-state index contributed by atoms with van der Waals surface area (Å²) < 4.78 is 16.9. The zero-order valence-corrected chi connectivity index (χ0v) is 30.1. The van der Waals surface area contributed by atoms with Gasteiger partial charge in [-0.15, -0.1) is 0 Å². The molecule has 0 amide bonds. The van der Waals surface area contributed by atoms with Crippen molar-refractivity contribution in [3.05, 3.63) is 11.6 Å². The Morgan fingerprint density at radius 2 is 1.36 bits per heavy atom. The smallest absolute Gasteiger partial charge is 0.334 e. The zero-order valence-electron chi connectivity index (χ0n) is 30.1. The summed E-state index contributed by atoms with van der Waals surface area (Å²) in [6.45, 7) is 5.47. The molecule has 2 rings (SSSR count). The van der Waals surface area contributed by atoms with Crippen LogP contribution in [0.4, 0.5) is 0 Å². The second-order valence-electron chi connectivity index (χ2n) is 14.2. The van der Waals surface area contributed by atoms with Gasteiger partial charge in [0.25, 0.3) is 0 Å². The maximum Gasteiger partial charge on any atom is 0.334 e. The second kappa shape index (κ2) is 25.2. The first-order valence-electron chi connectivity index (χ1n) is 19.3. The average molecular weight is 665 g/mol. The van der Waals surface area contributed by atoms with Crippen molar-refractivity contribution in [2.24, 2.45) is 0 Å². The number of hydrogen-bond donors (Lipinski definition) is 2. The number of ketones is 1. The summed E-state index contributed by atoms with van der Waals surface area (Å²) in [5, 5.41) is 21.5. The van der Waals surface area contributed by atoms with Crippen LogP contribution < -0.4 is 0 Å². The van der Waals surface area contributed by atoms with Crippen molar-refractivity contribution < 1.29 is 38.8 Å². The van der Waals surface area contributed by atoms with E-state index >= 15 is 0 Å². The Bertz CT molecular complexity index is 901. The molecule has 0 aromatic heterocycles. The lowest BCUT2D eigenvalue weighted by molar-refractivity contribution is -0.159. The largest absolute Gasteiger partial charge is 0.460 e. The van der Waals surface area contributed by atoms with Crippen LogP contribution in [-0.4, -0.2) is 64.6 Å². The van der Waals surface area contributed by atoms with Gasteiger partial charge in [-0.25, -0.2) is 4.79 Å². The van der Waals surface area contributed by atoms with E-state index in [1.165, 1.54) is 58.3 Å². The van der Waals surface area contributed by atoms with Gasteiger partial charge in [0.2, 0.25) is 0 Å². The molecule has 2 aliphatic heterocycles. The number of esters is 2. The number of carbonyl (C=O) groups is 3. The van der Waals surface area contributed by atoms with E-state index < -0.39 is 18.3 Å². The molecule has 1 saturated heterocycles. The first-order chi connectivity index (χ1) is 22.7. The Balaban J connectivity index is 1.51. The number of aliphatic hydroxyl groups excluding tert-OH is 2. The number of hydrogen-bond acceptors (Lipinski definition) is 8.